The molecule has 0 spiro atoms. The molecular weight excluding hydrogens is 501 g/mol. The molecule has 0 atom stereocenters. The first-order valence-corrected chi connectivity index (χ1v) is 11.2. The summed E-state index contributed by atoms with van der Waals surface area (Å²) in [5.74, 6) is -2.08. The molecule has 39 heavy (non-hydrogen) atoms. The molecule has 9 heteroatoms. The Balaban J connectivity index is 1.93. The molecule has 0 radical (unpaired) electrons. The Kier molecular flexibility index (Phi) is 8.02. The van der Waals surface area contributed by atoms with Gasteiger partial charge < -0.3 is 0 Å². The molecule has 3 aromatic heterocycles. The summed E-state index contributed by atoms with van der Waals surface area (Å²) in [6.45, 7) is 0. The average molecular weight is 516 g/mol. The van der Waals surface area contributed by atoms with Crippen molar-refractivity contribution >= 4 is 34.9 Å². The molecule has 0 aliphatic carbocycles. The number of hydrogen-bond donors (Lipinski definition) is 0. The van der Waals surface area contributed by atoms with Crippen LogP contribution in [0, 0.1) is 51.4 Å². The molecule has 4 rings (SSSR count). The minimum absolute atomic E-state index is 0.00710. The molecule has 0 bridgehead atoms. The normalized spacial score (nSPS) is 11.8. The number of benzene rings is 1. The zero-order chi connectivity index (χ0) is 27.8. The molecule has 186 valence electrons. The number of aromatic nitrogens is 3. The van der Waals surface area contributed by atoms with E-state index in [1.165, 1.54) is 55.0 Å². The summed E-state index contributed by atoms with van der Waals surface area (Å²) in [6.07, 6.45) is 11.3. The zero-order valence-electron chi connectivity index (χ0n) is 20.0. The summed E-state index contributed by atoms with van der Waals surface area (Å²) in [5.41, 5.74) is 1.27. The fraction of sp³-hybridized carbons (Fsp3) is 0. The number of allylic oxidation sites excluding steroid dienone is 3. The van der Waals surface area contributed by atoms with Crippen molar-refractivity contribution in [3.63, 3.8) is 0 Å². The van der Waals surface area contributed by atoms with E-state index < -0.39 is 17.5 Å². The third-order valence-electron chi connectivity index (χ3n) is 5.48. The van der Waals surface area contributed by atoms with Crippen LogP contribution in [0.5, 0.6) is 0 Å². The Morgan fingerprint density at radius 2 is 0.821 bits per heavy atom. The van der Waals surface area contributed by atoms with Gasteiger partial charge in [-0.3, -0.25) is 15.0 Å². The molecule has 3 heterocycles. The van der Waals surface area contributed by atoms with E-state index in [0.29, 0.717) is 16.7 Å². The average Bonchev–Trinajstić information content (AvgIpc) is 2.94. The van der Waals surface area contributed by atoms with Gasteiger partial charge in [0.05, 0.1) is 53.5 Å². The number of nitriles is 3. The molecule has 0 N–H and O–H groups in total. The van der Waals surface area contributed by atoms with Crippen LogP contribution in [0.4, 0.5) is 13.2 Å². The number of nitrogens with zero attached hydrogens (tertiary/aromatic N) is 6. The molecule has 0 amide bonds. The van der Waals surface area contributed by atoms with Gasteiger partial charge in [-0.2, -0.15) is 15.8 Å². The van der Waals surface area contributed by atoms with Gasteiger partial charge in [-0.15, -0.1) is 0 Å². The van der Waals surface area contributed by atoms with Gasteiger partial charge in [0, 0.05) is 35.3 Å². The second kappa shape index (κ2) is 11.9. The number of hydrogen-bond acceptors (Lipinski definition) is 6. The van der Waals surface area contributed by atoms with Gasteiger partial charge in [0.15, 0.2) is 0 Å². The summed E-state index contributed by atoms with van der Waals surface area (Å²) in [5, 5.41) is 29.2. The smallest absolute Gasteiger partial charge is 0.150 e. The molecule has 4 aromatic rings. The van der Waals surface area contributed by atoms with Crippen molar-refractivity contribution in [3.05, 3.63) is 124 Å². The first-order chi connectivity index (χ1) is 18.9. The highest BCUT2D eigenvalue weighted by Gasteiger charge is 2.12. The maximum atomic E-state index is 14.3. The minimum Gasteiger partial charge on any atom is -0.262 e. The van der Waals surface area contributed by atoms with Crippen molar-refractivity contribution in [1.82, 2.24) is 15.0 Å². The number of pyridine rings is 3. The maximum Gasteiger partial charge on any atom is 0.150 e. The van der Waals surface area contributed by atoms with Gasteiger partial charge in [0.25, 0.3) is 0 Å². The van der Waals surface area contributed by atoms with E-state index in [2.05, 4.69) is 15.0 Å². The second-order valence-corrected chi connectivity index (χ2v) is 8.01. The highest BCUT2D eigenvalue weighted by atomic mass is 19.1. The largest absolute Gasteiger partial charge is 0.262 e. The lowest BCUT2D eigenvalue weighted by Crippen LogP contribution is -1.92. The minimum atomic E-state index is -0.693. The first kappa shape index (κ1) is 26.2. The van der Waals surface area contributed by atoms with E-state index in [4.69, 9.17) is 0 Å². The SMILES string of the molecule is N#C/C(=C\c1cc(/C=C(\C#N)c2ccncc2F)cc(/C=C(\C#N)c2ccncc2F)c1)c1ccncc1F. The molecule has 6 nitrogen and oxygen atoms in total. The zero-order valence-corrected chi connectivity index (χ0v) is 20.0. The summed E-state index contributed by atoms with van der Waals surface area (Å²) < 4.78 is 43.0. The van der Waals surface area contributed by atoms with Crippen LogP contribution in [0.1, 0.15) is 33.4 Å². The Bertz CT molecular complexity index is 1570. The summed E-state index contributed by atoms with van der Waals surface area (Å²) in [7, 11) is 0. The van der Waals surface area contributed by atoms with E-state index in [1.54, 1.807) is 18.2 Å². The molecule has 0 saturated carbocycles. The van der Waals surface area contributed by atoms with Gasteiger partial charge in [0.1, 0.15) is 17.5 Å². The van der Waals surface area contributed by atoms with Crippen LogP contribution in [0.2, 0.25) is 0 Å². The Labute approximate surface area is 221 Å². The van der Waals surface area contributed by atoms with E-state index in [9.17, 15) is 29.0 Å². The van der Waals surface area contributed by atoms with E-state index in [1.807, 2.05) is 18.2 Å². The van der Waals surface area contributed by atoms with Gasteiger partial charge in [-0.05, 0) is 71.3 Å². The number of halogens is 3. The Morgan fingerprint density at radius 3 is 1.05 bits per heavy atom. The van der Waals surface area contributed by atoms with Crippen LogP contribution in [0.3, 0.4) is 0 Å². The highest BCUT2D eigenvalue weighted by molar-refractivity contribution is 5.94. The van der Waals surface area contributed by atoms with E-state index in [-0.39, 0.29) is 33.4 Å². The van der Waals surface area contributed by atoms with Gasteiger partial charge in [-0.25, -0.2) is 13.2 Å². The molecule has 0 aliphatic rings. The summed E-state index contributed by atoms with van der Waals surface area (Å²) in [6, 6.07) is 14.8. The predicted octanol–water partition coefficient (Wildman–Crippen LogP) is 6.48. The van der Waals surface area contributed by atoms with Gasteiger partial charge in [0.2, 0.25) is 0 Å². The van der Waals surface area contributed by atoms with Crippen LogP contribution in [-0.4, -0.2) is 15.0 Å². The standard InChI is InChI=1S/C30H15F3N6/c31-28-16-37-4-1-25(28)22(13-34)10-19-7-20(11-23(14-35)26-2-5-38-17-29(26)32)9-21(8-19)12-24(15-36)27-3-6-39-18-30(27)33/h1-12,16-18H/b22-10+,23-11+,24-12+. The fourth-order valence-electron chi connectivity index (χ4n) is 3.74. The van der Waals surface area contributed by atoms with Crippen LogP contribution in [-0.2, 0) is 0 Å². The summed E-state index contributed by atoms with van der Waals surface area (Å²) >= 11 is 0. The third-order valence-corrected chi connectivity index (χ3v) is 5.48. The first-order valence-electron chi connectivity index (χ1n) is 11.2. The third kappa shape index (κ3) is 6.11. The molecule has 0 unspecified atom stereocenters. The quantitative estimate of drug-likeness (QED) is 0.271. The summed E-state index contributed by atoms with van der Waals surface area (Å²) in [4.78, 5) is 11.1. The van der Waals surface area contributed by atoms with E-state index >= 15 is 0 Å². The topological polar surface area (TPSA) is 110 Å². The van der Waals surface area contributed by atoms with Gasteiger partial charge in [-0.1, -0.05) is 0 Å². The van der Waals surface area contributed by atoms with Crippen LogP contribution >= 0.6 is 0 Å². The van der Waals surface area contributed by atoms with E-state index in [0.717, 1.165) is 18.6 Å². The van der Waals surface area contributed by atoms with Crippen molar-refractivity contribution in [2.24, 2.45) is 0 Å². The van der Waals surface area contributed by atoms with Crippen LogP contribution < -0.4 is 0 Å². The molecule has 0 saturated heterocycles. The van der Waals surface area contributed by atoms with Crippen molar-refractivity contribution in [2.75, 3.05) is 0 Å². The lowest BCUT2D eigenvalue weighted by molar-refractivity contribution is 0.617. The predicted molar refractivity (Wildman–Crippen MR) is 139 cm³/mol. The molecule has 0 aliphatic heterocycles. The number of rotatable bonds is 6. The Morgan fingerprint density at radius 1 is 0.538 bits per heavy atom. The van der Waals surface area contributed by atoms with Crippen LogP contribution in [0.15, 0.2) is 73.6 Å². The van der Waals surface area contributed by atoms with Gasteiger partial charge >= 0.3 is 0 Å². The van der Waals surface area contributed by atoms with Crippen molar-refractivity contribution < 1.29 is 13.2 Å². The maximum absolute atomic E-state index is 14.3. The van der Waals surface area contributed by atoms with Crippen LogP contribution in [0.25, 0.3) is 34.9 Å². The van der Waals surface area contributed by atoms with Crippen molar-refractivity contribution in [1.29, 1.82) is 15.8 Å². The monoisotopic (exact) mass is 516 g/mol. The van der Waals surface area contributed by atoms with Crippen molar-refractivity contribution in [3.8, 4) is 18.2 Å². The second-order valence-electron chi connectivity index (χ2n) is 8.01. The molecule has 0 fully saturated rings. The highest BCUT2D eigenvalue weighted by Crippen LogP contribution is 2.27. The molecular formula is C30H15F3N6. The molecule has 1 aromatic carbocycles. The lowest BCUT2D eigenvalue weighted by Gasteiger charge is -2.07. The van der Waals surface area contributed by atoms with Crippen molar-refractivity contribution in [2.45, 2.75) is 0 Å². The Hall–Kier alpha value is -5.85. The lowest BCUT2D eigenvalue weighted by atomic mass is 9.97. The fourth-order valence-corrected chi connectivity index (χ4v) is 3.74.